The molecule has 1 aliphatic carbocycles. The summed E-state index contributed by atoms with van der Waals surface area (Å²) in [5, 5.41) is 10.1. The van der Waals surface area contributed by atoms with Gasteiger partial charge in [-0.1, -0.05) is 26.2 Å². The largest absolute Gasteiger partial charge is 0.469 e. The zero-order chi connectivity index (χ0) is 11.4. The highest BCUT2D eigenvalue weighted by Crippen LogP contribution is 2.33. The lowest BCUT2D eigenvalue weighted by atomic mass is 9.78. The average Bonchev–Trinajstić information content (AvgIpc) is 2.82. The lowest BCUT2D eigenvalue weighted by Crippen LogP contribution is -2.27. The molecule has 0 aromatic carbocycles. The van der Waals surface area contributed by atoms with Crippen molar-refractivity contribution in [1.29, 1.82) is 0 Å². The summed E-state index contributed by atoms with van der Waals surface area (Å²) in [7, 11) is 0. The monoisotopic (exact) mass is 222 g/mol. The van der Waals surface area contributed by atoms with Gasteiger partial charge in [0.25, 0.3) is 0 Å². The Hall–Kier alpha value is -0.760. The summed E-state index contributed by atoms with van der Waals surface area (Å²) in [6, 6.07) is 3.83. The molecule has 1 aromatic rings. The Morgan fingerprint density at radius 1 is 1.38 bits per heavy atom. The van der Waals surface area contributed by atoms with E-state index in [0.717, 1.165) is 11.7 Å². The molecular weight excluding hydrogens is 200 g/mol. The highest BCUT2D eigenvalue weighted by Gasteiger charge is 2.26. The predicted octanol–water partition coefficient (Wildman–Crippen LogP) is 3.40. The Morgan fingerprint density at radius 2 is 2.12 bits per heavy atom. The lowest BCUT2D eigenvalue weighted by Gasteiger charge is -2.30. The SMILES string of the molecule is CCC1CCC(C(O)Cc2ccco2)CC1. The van der Waals surface area contributed by atoms with Gasteiger partial charge in [-0.05, 0) is 36.8 Å². The minimum Gasteiger partial charge on any atom is -0.469 e. The Labute approximate surface area is 97.7 Å². The molecule has 2 heteroatoms. The standard InChI is InChI=1S/C14H22O2/c1-2-11-5-7-12(8-6-11)14(15)10-13-4-3-9-16-13/h3-4,9,11-12,14-15H,2,5-8,10H2,1H3. The number of furan rings is 1. The second kappa shape index (κ2) is 5.53. The summed E-state index contributed by atoms with van der Waals surface area (Å²) in [6.07, 6.45) is 8.36. The maximum atomic E-state index is 10.1. The van der Waals surface area contributed by atoms with Crippen LogP contribution in [0.2, 0.25) is 0 Å². The maximum Gasteiger partial charge on any atom is 0.106 e. The molecule has 0 spiro atoms. The fraction of sp³-hybridized carbons (Fsp3) is 0.714. The van der Waals surface area contributed by atoms with Crippen molar-refractivity contribution in [3.05, 3.63) is 24.2 Å². The molecule has 1 aromatic heterocycles. The third kappa shape index (κ3) is 2.88. The fourth-order valence-corrected chi connectivity index (χ4v) is 2.78. The smallest absolute Gasteiger partial charge is 0.106 e. The molecule has 0 bridgehead atoms. The van der Waals surface area contributed by atoms with Crippen molar-refractivity contribution < 1.29 is 9.52 Å². The molecule has 1 N–H and O–H groups in total. The van der Waals surface area contributed by atoms with Gasteiger partial charge in [-0.25, -0.2) is 0 Å². The third-order valence-electron chi connectivity index (χ3n) is 4.00. The van der Waals surface area contributed by atoms with E-state index >= 15 is 0 Å². The van der Waals surface area contributed by atoms with Crippen molar-refractivity contribution in [2.75, 3.05) is 0 Å². The van der Waals surface area contributed by atoms with E-state index in [1.807, 2.05) is 12.1 Å². The van der Waals surface area contributed by atoms with Crippen LogP contribution in [0.4, 0.5) is 0 Å². The van der Waals surface area contributed by atoms with Crippen LogP contribution in [0.3, 0.4) is 0 Å². The van der Waals surface area contributed by atoms with E-state index in [4.69, 9.17) is 4.42 Å². The lowest BCUT2D eigenvalue weighted by molar-refractivity contribution is 0.0694. The quantitative estimate of drug-likeness (QED) is 0.847. The van der Waals surface area contributed by atoms with E-state index < -0.39 is 0 Å². The van der Waals surface area contributed by atoms with E-state index in [-0.39, 0.29) is 6.10 Å². The minimum absolute atomic E-state index is 0.219. The van der Waals surface area contributed by atoms with Crippen LogP contribution in [-0.4, -0.2) is 11.2 Å². The first-order valence-corrected chi connectivity index (χ1v) is 6.50. The van der Waals surface area contributed by atoms with Gasteiger partial charge in [0.05, 0.1) is 12.4 Å². The molecule has 1 unspecified atom stereocenters. The Kier molecular flexibility index (Phi) is 4.05. The van der Waals surface area contributed by atoms with Crippen LogP contribution in [0.5, 0.6) is 0 Å². The molecule has 1 saturated carbocycles. The summed E-state index contributed by atoms with van der Waals surface area (Å²) in [5.74, 6) is 2.28. The summed E-state index contributed by atoms with van der Waals surface area (Å²) in [6.45, 7) is 2.27. The number of rotatable bonds is 4. The van der Waals surface area contributed by atoms with Gasteiger partial charge in [0, 0.05) is 6.42 Å². The molecule has 2 nitrogen and oxygen atoms in total. The fourth-order valence-electron chi connectivity index (χ4n) is 2.78. The highest BCUT2D eigenvalue weighted by atomic mass is 16.3. The van der Waals surface area contributed by atoms with E-state index in [9.17, 15) is 5.11 Å². The van der Waals surface area contributed by atoms with E-state index in [1.54, 1.807) is 6.26 Å². The Morgan fingerprint density at radius 3 is 2.69 bits per heavy atom. The van der Waals surface area contributed by atoms with Crippen LogP contribution in [-0.2, 0) is 6.42 Å². The van der Waals surface area contributed by atoms with Gasteiger partial charge < -0.3 is 9.52 Å². The number of hydrogen-bond acceptors (Lipinski definition) is 2. The first kappa shape index (κ1) is 11.7. The van der Waals surface area contributed by atoms with Crippen LogP contribution in [0.1, 0.15) is 44.8 Å². The Bertz CT molecular complexity index is 284. The normalized spacial score (nSPS) is 27.9. The summed E-state index contributed by atoms with van der Waals surface area (Å²) < 4.78 is 5.28. The molecular formula is C14H22O2. The zero-order valence-corrected chi connectivity index (χ0v) is 10.1. The van der Waals surface area contributed by atoms with Crippen LogP contribution in [0, 0.1) is 11.8 Å². The van der Waals surface area contributed by atoms with E-state index in [1.165, 1.54) is 32.1 Å². The predicted molar refractivity (Wildman–Crippen MR) is 64.2 cm³/mol. The van der Waals surface area contributed by atoms with Crippen molar-refractivity contribution in [3.8, 4) is 0 Å². The molecule has 1 heterocycles. The van der Waals surface area contributed by atoms with Gasteiger partial charge in [-0.2, -0.15) is 0 Å². The molecule has 1 aliphatic rings. The van der Waals surface area contributed by atoms with Crippen molar-refractivity contribution in [3.63, 3.8) is 0 Å². The molecule has 90 valence electrons. The summed E-state index contributed by atoms with van der Waals surface area (Å²) >= 11 is 0. The number of hydrogen-bond donors (Lipinski definition) is 1. The van der Waals surface area contributed by atoms with Gasteiger partial charge in [0.1, 0.15) is 5.76 Å². The van der Waals surface area contributed by atoms with Gasteiger partial charge in [-0.15, -0.1) is 0 Å². The second-order valence-electron chi connectivity index (χ2n) is 5.04. The minimum atomic E-state index is -0.219. The van der Waals surface area contributed by atoms with Gasteiger partial charge in [-0.3, -0.25) is 0 Å². The molecule has 2 rings (SSSR count). The van der Waals surface area contributed by atoms with E-state index in [2.05, 4.69) is 6.92 Å². The molecule has 16 heavy (non-hydrogen) atoms. The zero-order valence-electron chi connectivity index (χ0n) is 10.1. The Balaban J connectivity index is 1.80. The second-order valence-corrected chi connectivity index (χ2v) is 5.04. The van der Waals surface area contributed by atoms with Crippen LogP contribution >= 0.6 is 0 Å². The van der Waals surface area contributed by atoms with Crippen LogP contribution in [0.25, 0.3) is 0 Å². The van der Waals surface area contributed by atoms with Crippen molar-refractivity contribution in [2.45, 2.75) is 51.6 Å². The number of aliphatic hydroxyl groups excluding tert-OH is 1. The van der Waals surface area contributed by atoms with Crippen LogP contribution < -0.4 is 0 Å². The summed E-state index contributed by atoms with van der Waals surface area (Å²) in [5.41, 5.74) is 0. The first-order chi connectivity index (χ1) is 7.79. The molecule has 0 saturated heterocycles. The molecule has 1 fully saturated rings. The van der Waals surface area contributed by atoms with Crippen molar-refractivity contribution >= 4 is 0 Å². The van der Waals surface area contributed by atoms with Crippen molar-refractivity contribution in [1.82, 2.24) is 0 Å². The number of aliphatic hydroxyl groups is 1. The van der Waals surface area contributed by atoms with Gasteiger partial charge in [0.15, 0.2) is 0 Å². The van der Waals surface area contributed by atoms with Crippen molar-refractivity contribution in [2.24, 2.45) is 11.8 Å². The maximum absolute atomic E-state index is 10.1. The van der Waals surface area contributed by atoms with Gasteiger partial charge in [0.2, 0.25) is 0 Å². The van der Waals surface area contributed by atoms with Crippen LogP contribution in [0.15, 0.2) is 22.8 Å². The molecule has 1 atom stereocenters. The third-order valence-corrected chi connectivity index (χ3v) is 4.00. The summed E-state index contributed by atoms with van der Waals surface area (Å²) in [4.78, 5) is 0. The van der Waals surface area contributed by atoms with E-state index in [0.29, 0.717) is 12.3 Å². The highest BCUT2D eigenvalue weighted by molar-refractivity contribution is 5.00. The molecule has 0 amide bonds. The first-order valence-electron chi connectivity index (χ1n) is 6.50. The van der Waals surface area contributed by atoms with Gasteiger partial charge >= 0.3 is 0 Å². The average molecular weight is 222 g/mol. The topological polar surface area (TPSA) is 33.4 Å². The molecule has 0 radical (unpaired) electrons. The molecule has 0 aliphatic heterocycles.